The first-order valence-electron chi connectivity index (χ1n) is 4.67. The van der Waals surface area contributed by atoms with Crippen molar-refractivity contribution in [1.82, 2.24) is 9.55 Å². The van der Waals surface area contributed by atoms with Gasteiger partial charge in [0.05, 0.1) is 11.8 Å². The van der Waals surface area contributed by atoms with E-state index >= 15 is 0 Å². The van der Waals surface area contributed by atoms with E-state index in [1.54, 1.807) is 7.05 Å². The highest BCUT2D eigenvalue weighted by molar-refractivity contribution is 7.94. The number of nitrogens with one attached hydrogen (secondary N) is 1. The van der Waals surface area contributed by atoms with Crippen molar-refractivity contribution in [2.45, 2.75) is 6.04 Å². The van der Waals surface area contributed by atoms with Gasteiger partial charge >= 0.3 is 0 Å². The van der Waals surface area contributed by atoms with Crippen LogP contribution in [0.1, 0.15) is 0 Å². The topological polar surface area (TPSA) is 81.1 Å². The number of aromatic nitrogens is 2. The van der Waals surface area contributed by atoms with Crippen LogP contribution in [-0.4, -0.2) is 29.8 Å². The Hall–Kier alpha value is -1.63. The smallest absolute Gasteiger partial charge is 0.293 e. The van der Waals surface area contributed by atoms with Gasteiger partial charge in [0.25, 0.3) is 5.56 Å². The fourth-order valence-corrected chi connectivity index (χ4v) is 2.67. The molecule has 7 heteroatoms. The number of hydrogen-bond donors (Lipinski definition) is 1. The van der Waals surface area contributed by atoms with Crippen LogP contribution in [0, 0.1) is 0 Å². The fraction of sp³-hybridized carbons (Fsp3) is 0.333. The van der Waals surface area contributed by atoms with Gasteiger partial charge < -0.3 is 9.88 Å². The first-order chi connectivity index (χ1) is 7.48. The molecule has 0 spiro atoms. The molecule has 0 saturated heterocycles. The van der Waals surface area contributed by atoms with E-state index in [-0.39, 0.29) is 23.2 Å². The lowest BCUT2D eigenvalue weighted by atomic mass is 10.3. The molecule has 1 unspecified atom stereocenters. The maximum Gasteiger partial charge on any atom is 0.293 e. The van der Waals surface area contributed by atoms with E-state index in [0.717, 1.165) is 5.41 Å². The van der Waals surface area contributed by atoms with E-state index in [1.165, 1.54) is 23.0 Å². The molecule has 6 nitrogen and oxygen atoms in total. The molecule has 0 aliphatic carbocycles. The molecule has 16 heavy (non-hydrogen) atoms. The van der Waals surface area contributed by atoms with Gasteiger partial charge in [-0.05, 0) is 6.08 Å². The van der Waals surface area contributed by atoms with Gasteiger partial charge in [0, 0.05) is 24.8 Å². The quantitative estimate of drug-likeness (QED) is 0.755. The Morgan fingerprint density at radius 1 is 1.56 bits per heavy atom. The molecule has 0 radical (unpaired) electrons. The summed E-state index contributed by atoms with van der Waals surface area (Å²) in [7, 11) is -1.51. The van der Waals surface area contributed by atoms with Crippen molar-refractivity contribution in [3.05, 3.63) is 34.2 Å². The minimum Gasteiger partial charge on any atom is -0.358 e. The standard InChI is InChI=1S/C9H11N3O3S/c1-12-4-3-10-8(9(12)13)11-7-2-5-16(14,15)6-7/h2-5,7H,6H2,1H3,(H,10,11). The average Bonchev–Trinajstić information content (AvgIpc) is 2.53. The molecule has 1 aliphatic heterocycles. The van der Waals surface area contributed by atoms with E-state index in [0.29, 0.717) is 0 Å². The normalized spacial score (nSPS) is 22.2. The highest BCUT2D eigenvalue weighted by Crippen LogP contribution is 2.10. The van der Waals surface area contributed by atoms with E-state index in [4.69, 9.17) is 0 Å². The van der Waals surface area contributed by atoms with Gasteiger partial charge in [-0.15, -0.1) is 0 Å². The molecular weight excluding hydrogens is 230 g/mol. The third kappa shape index (κ3) is 2.13. The number of nitrogens with zero attached hydrogens (tertiary/aromatic N) is 2. The molecule has 0 fully saturated rings. The second kappa shape index (κ2) is 3.75. The van der Waals surface area contributed by atoms with Crippen molar-refractivity contribution in [2.75, 3.05) is 11.1 Å². The molecule has 0 amide bonds. The van der Waals surface area contributed by atoms with Crippen LogP contribution >= 0.6 is 0 Å². The monoisotopic (exact) mass is 241 g/mol. The molecule has 2 heterocycles. The van der Waals surface area contributed by atoms with Gasteiger partial charge in [-0.25, -0.2) is 13.4 Å². The van der Waals surface area contributed by atoms with Gasteiger partial charge in [0.15, 0.2) is 15.7 Å². The zero-order valence-electron chi connectivity index (χ0n) is 8.62. The van der Waals surface area contributed by atoms with Crippen LogP contribution in [0.3, 0.4) is 0 Å². The Balaban J connectivity index is 2.21. The van der Waals surface area contributed by atoms with Crippen molar-refractivity contribution >= 4 is 15.7 Å². The van der Waals surface area contributed by atoms with Crippen LogP contribution in [0.15, 0.2) is 28.7 Å². The molecule has 0 saturated carbocycles. The van der Waals surface area contributed by atoms with Gasteiger partial charge in [-0.1, -0.05) is 0 Å². The van der Waals surface area contributed by atoms with E-state index < -0.39 is 9.84 Å². The summed E-state index contributed by atoms with van der Waals surface area (Å²) in [4.78, 5) is 15.5. The Morgan fingerprint density at radius 2 is 2.31 bits per heavy atom. The Kier molecular flexibility index (Phi) is 2.55. The molecule has 0 bridgehead atoms. The third-order valence-corrected chi connectivity index (χ3v) is 3.66. The summed E-state index contributed by atoms with van der Waals surface area (Å²) < 4.78 is 23.7. The lowest BCUT2D eigenvalue weighted by Crippen LogP contribution is -2.28. The molecule has 0 aromatic carbocycles. The number of rotatable bonds is 2. The highest BCUT2D eigenvalue weighted by atomic mass is 32.2. The predicted octanol–water partition coefficient (Wildman–Crippen LogP) is -0.497. The van der Waals surface area contributed by atoms with Crippen LogP contribution in [0.25, 0.3) is 0 Å². The Labute approximate surface area is 92.5 Å². The first kappa shape index (κ1) is 10.9. The van der Waals surface area contributed by atoms with Gasteiger partial charge in [-0.2, -0.15) is 0 Å². The van der Waals surface area contributed by atoms with E-state index in [9.17, 15) is 13.2 Å². The van der Waals surface area contributed by atoms with Gasteiger partial charge in [0.2, 0.25) is 0 Å². The van der Waals surface area contributed by atoms with Gasteiger partial charge in [0.1, 0.15) is 0 Å². The minimum absolute atomic E-state index is 0.0350. The molecule has 1 aromatic rings. The highest BCUT2D eigenvalue weighted by Gasteiger charge is 2.22. The maximum atomic E-state index is 11.6. The van der Waals surface area contributed by atoms with Crippen LogP contribution in [0.4, 0.5) is 5.82 Å². The third-order valence-electron chi connectivity index (χ3n) is 2.27. The summed E-state index contributed by atoms with van der Waals surface area (Å²) in [6, 6.07) is -0.382. The van der Waals surface area contributed by atoms with E-state index in [2.05, 4.69) is 10.3 Å². The summed E-state index contributed by atoms with van der Waals surface area (Å²) >= 11 is 0. The number of hydrogen-bond acceptors (Lipinski definition) is 5. The Bertz CT molecular complexity index is 588. The molecule has 2 rings (SSSR count). The summed E-state index contributed by atoms with van der Waals surface area (Å²) in [6.07, 6.45) is 4.54. The van der Waals surface area contributed by atoms with Crippen molar-refractivity contribution < 1.29 is 8.42 Å². The summed E-state index contributed by atoms with van der Waals surface area (Å²) in [6.45, 7) is 0. The largest absolute Gasteiger partial charge is 0.358 e. The minimum atomic E-state index is -3.12. The van der Waals surface area contributed by atoms with Crippen molar-refractivity contribution in [1.29, 1.82) is 0 Å². The van der Waals surface area contributed by atoms with Crippen LogP contribution in [0.2, 0.25) is 0 Å². The fourth-order valence-electron chi connectivity index (χ4n) is 1.44. The predicted molar refractivity (Wildman–Crippen MR) is 59.8 cm³/mol. The number of anilines is 1. The Morgan fingerprint density at radius 3 is 2.94 bits per heavy atom. The molecule has 86 valence electrons. The first-order valence-corrected chi connectivity index (χ1v) is 6.39. The van der Waals surface area contributed by atoms with Crippen molar-refractivity contribution in [3.8, 4) is 0 Å². The van der Waals surface area contributed by atoms with Crippen LogP contribution < -0.4 is 10.9 Å². The van der Waals surface area contributed by atoms with Crippen molar-refractivity contribution in [3.63, 3.8) is 0 Å². The lowest BCUT2D eigenvalue weighted by Gasteiger charge is -2.10. The molecule has 1 aliphatic rings. The van der Waals surface area contributed by atoms with Crippen LogP contribution in [0.5, 0.6) is 0 Å². The van der Waals surface area contributed by atoms with E-state index in [1.807, 2.05) is 0 Å². The molecule has 1 N–H and O–H groups in total. The van der Waals surface area contributed by atoms with Crippen molar-refractivity contribution in [2.24, 2.45) is 7.05 Å². The summed E-state index contributed by atoms with van der Waals surface area (Å²) in [5, 5.41) is 3.95. The maximum absolute atomic E-state index is 11.6. The molecule has 1 aromatic heterocycles. The van der Waals surface area contributed by atoms with Gasteiger partial charge in [-0.3, -0.25) is 4.79 Å². The zero-order chi connectivity index (χ0) is 11.8. The average molecular weight is 241 g/mol. The number of aryl methyl sites for hydroxylation is 1. The second-order valence-electron chi connectivity index (χ2n) is 3.60. The summed E-state index contributed by atoms with van der Waals surface area (Å²) in [5.41, 5.74) is -0.278. The van der Waals surface area contributed by atoms with Crippen LogP contribution in [-0.2, 0) is 16.9 Å². The lowest BCUT2D eigenvalue weighted by molar-refractivity contribution is 0.605. The summed E-state index contributed by atoms with van der Waals surface area (Å²) in [5.74, 6) is 0.129. The second-order valence-corrected chi connectivity index (χ2v) is 5.53. The zero-order valence-corrected chi connectivity index (χ0v) is 9.44. The molecular formula is C9H11N3O3S. The SMILES string of the molecule is Cn1ccnc(NC2C=CS(=O)(=O)C2)c1=O. The molecule has 1 atom stereocenters. The number of sulfone groups is 1.